The van der Waals surface area contributed by atoms with Crippen LogP contribution in [0.2, 0.25) is 5.02 Å². The van der Waals surface area contributed by atoms with Gasteiger partial charge in [-0.3, -0.25) is 9.78 Å². The average Bonchev–Trinajstić information content (AvgIpc) is 3.29. The van der Waals surface area contributed by atoms with E-state index in [2.05, 4.69) is 20.8 Å². The topological polar surface area (TPSA) is 128 Å². The van der Waals surface area contributed by atoms with Crippen LogP contribution >= 0.6 is 11.6 Å². The van der Waals surface area contributed by atoms with Crippen LogP contribution < -0.4 is 16.4 Å². The molecular weight excluding hydrogens is 480 g/mol. The summed E-state index contributed by atoms with van der Waals surface area (Å²) >= 11 is 6.06. The Labute approximate surface area is 212 Å². The normalized spacial score (nSPS) is 11.4. The maximum atomic E-state index is 11.6. The van der Waals surface area contributed by atoms with Gasteiger partial charge in [-0.2, -0.15) is 0 Å². The summed E-state index contributed by atoms with van der Waals surface area (Å²) in [5, 5.41) is 15.0. The number of aromatic nitrogens is 3. The van der Waals surface area contributed by atoms with Gasteiger partial charge in [-0.05, 0) is 49.2 Å². The number of nitrogens with zero attached hydrogens (tertiary/aromatic N) is 3. The second-order valence-corrected chi connectivity index (χ2v) is 8.76. The number of rotatable bonds is 11. The number of nitrogens with two attached hydrogens (primary N) is 1. The van der Waals surface area contributed by atoms with Gasteiger partial charge >= 0.3 is 0 Å². The molecule has 0 unspecified atom stereocenters. The number of carbonyl (C=O) groups excluding carboxylic acids is 1. The summed E-state index contributed by atoms with van der Waals surface area (Å²) in [5.41, 5.74) is 7.25. The highest BCUT2D eigenvalue weighted by molar-refractivity contribution is 6.31. The number of primary amides is 1. The second kappa shape index (κ2) is 10.8. The molecule has 3 aromatic heterocycles. The number of fused-ring (bicyclic) bond motifs is 4. The van der Waals surface area contributed by atoms with Crippen molar-refractivity contribution in [3.8, 4) is 0 Å². The zero-order valence-electron chi connectivity index (χ0n) is 19.5. The van der Waals surface area contributed by atoms with E-state index >= 15 is 0 Å². The van der Waals surface area contributed by atoms with Crippen LogP contribution in [-0.2, 0) is 4.74 Å². The van der Waals surface area contributed by atoms with Gasteiger partial charge in [0, 0.05) is 58.8 Å². The lowest BCUT2D eigenvalue weighted by molar-refractivity contribution is 0.100. The average molecular weight is 505 g/mol. The summed E-state index contributed by atoms with van der Waals surface area (Å²) in [6.45, 7) is 2.53. The quantitative estimate of drug-likeness (QED) is 0.169. The third kappa shape index (κ3) is 5.17. The van der Waals surface area contributed by atoms with E-state index in [1.165, 1.54) is 0 Å². The van der Waals surface area contributed by atoms with Crippen LogP contribution in [0.25, 0.3) is 32.6 Å². The number of unbranched alkanes of at least 4 members (excludes halogenated alkanes) is 1. The Bertz CT molecular complexity index is 1540. The van der Waals surface area contributed by atoms with Gasteiger partial charge in [0.1, 0.15) is 5.82 Å². The Kier molecular flexibility index (Phi) is 7.11. The minimum absolute atomic E-state index is 0.419. The van der Waals surface area contributed by atoms with Gasteiger partial charge in [0.2, 0.25) is 5.91 Å². The first-order valence-electron chi connectivity index (χ1n) is 11.7. The van der Waals surface area contributed by atoms with E-state index in [1.807, 2.05) is 24.3 Å². The fraction of sp³-hybridized carbons (Fsp3) is 0.231. The van der Waals surface area contributed by atoms with Crippen molar-refractivity contribution < 1.29 is 14.1 Å². The molecular formula is C26H25ClN6O3. The van der Waals surface area contributed by atoms with Crippen molar-refractivity contribution in [1.29, 1.82) is 0 Å². The highest BCUT2D eigenvalue weighted by Gasteiger charge is 2.11. The maximum absolute atomic E-state index is 11.6. The molecule has 0 radical (unpaired) electrons. The molecule has 184 valence electrons. The van der Waals surface area contributed by atoms with Crippen molar-refractivity contribution in [3.05, 3.63) is 65.4 Å². The molecule has 10 heteroatoms. The SMILES string of the molecule is NC(=O)c1ccc2c(c1)nc(NCCOCCCCNc1noc3ccc(Cl)cc13)c1ccncc12. The molecule has 2 aromatic carbocycles. The fourth-order valence-corrected chi connectivity index (χ4v) is 4.23. The Morgan fingerprint density at radius 1 is 0.944 bits per heavy atom. The van der Waals surface area contributed by atoms with Crippen LogP contribution in [-0.4, -0.2) is 47.3 Å². The monoisotopic (exact) mass is 504 g/mol. The van der Waals surface area contributed by atoms with E-state index in [-0.39, 0.29) is 0 Å². The van der Waals surface area contributed by atoms with Crippen LogP contribution in [0, 0.1) is 0 Å². The van der Waals surface area contributed by atoms with Crippen LogP contribution in [0.4, 0.5) is 11.6 Å². The van der Waals surface area contributed by atoms with Crippen molar-refractivity contribution in [3.63, 3.8) is 0 Å². The number of halogens is 1. The third-order valence-electron chi connectivity index (χ3n) is 5.86. The smallest absolute Gasteiger partial charge is 0.248 e. The maximum Gasteiger partial charge on any atom is 0.248 e. The molecule has 0 atom stereocenters. The molecule has 0 saturated heterocycles. The van der Waals surface area contributed by atoms with Crippen LogP contribution in [0.1, 0.15) is 23.2 Å². The first-order chi connectivity index (χ1) is 17.6. The summed E-state index contributed by atoms with van der Waals surface area (Å²) in [6, 6.07) is 12.6. The molecule has 4 N–H and O–H groups in total. The molecule has 0 fully saturated rings. The Morgan fingerprint density at radius 3 is 2.72 bits per heavy atom. The molecule has 0 aliphatic heterocycles. The molecule has 5 rings (SSSR count). The number of hydrogen-bond donors (Lipinski definition) is 3. The Hall–Kier alpha value is -3.95. The minimum atomic E-state index is -0.484. The number of ether oxygens (including phenoxy) is 1. The van der Waals surface area contributed by atoms with Gasteiger partial charge in [0.05, 0.1) is 17.5 Å². The number of pyridine rings is 2. The summed E-state index contributed by atoms with van der Waals surface area (Å²) in [7, 11) is 0. The molecule has 0 spiro atoms. The largest absolute Gasteiger partial charge is 0.380 e. The van der Waals surface area contributed by atoms with Crippen LogP contribution in [0.3, 0.4) is 0 Å². The zero-order chi connectivity index (χ0) is 24.9. The lowest BCUT2D eigenvalue weighted by atomic mass is 10.1. The molecule has 3 heterocycles. The third-order valence-corrected chi connectivity index (χ3v) is 6.09. The second-order valence-electron chi connectivity index (χ2n) is 8.32. The van der Waals surface area contributed by atoms with Gasteiger partial charge in [0.15, 0.2) is 11.4 Å². The first kappa shape index (κ1) is 23.8. The lowest BCUT2D eigenvalue weighted by Gasteiger charge is -2.12. The fourth-order valence-electron chi connectivity index (χ4n) is 4.05. The van der Waals surface area contributed by atoms with E-state index in [1.54, 1.807) is 30.6 Å². The lowest BCUT2D eigenvalue weighted by Crippen LogP contribution is -2.12. The molecule has 0 saturated carbocycles. The van der Waals surface area contributed by atoms with Gasteiger partial charge in [-0.1, -0.05) is 22.8 Å². The number of nitrogens with one attached hydrogen (secondary N) is 2. The number of anilines is 2. The van der Waals surface area contributed by atoms with Crippen molar-refractivity contribution in [2.24, 2.45) is 5.73 Å². The van der Waals surface area contributed by atoms with Gasteiger partial charge < -0.3 is 25.6 Å². The van der Waals surface area contributed by atoms with Crippen molar-refractivity contribution in [2.75, 3.05) is 36.9 Å². The highest BCUT2D eigenvalue weighted by Crippen LogP contribution is 2.29. The molecule has 0 bridgehead atoms. The minimum Gasteiger partial charge on any atom is -0.380 e. The van der Waals surface area contributed by atoms with Crippen molar-refractivity contribution >= 4 is 61.8 Å². The molecule has 0 aliphatic rings. The molecule has 1 amide bonds. The number of benzene rings is 2. The predicted molar refractivity (Wildman–Crippen MR) is 142 cm³/mol. The number of amides is 1. The highest BCUT2D eigenvalue weighted by atomic mass is 35.5. The molecule has 36 heavy (non-hydrogen) atoms. The number of carbonyl (C=O) groups is 1. The van der Waals surface area contributed by atoms with E-state index in [0.717, 1.165) is 40.9 Å². The standard InChI is InChI=1S/C26H25ClN6O3/c27-17-4-6-23-20(14-17)26(33-36-23)30-8-1-2-11-35-12-10-31-25-19-7-9-29-15-21(19)18-5-3-16(24(28)34)13-22(18)32-25/h3-7,9,13-15H,1-2,8,10-12H2,(H2,28,34)(H,30,33)(H,31,32). The first-order valence-corrected chi connectivity index (χ1v) is 12.1. The number of hydrogen-bond acceptors (Lipinski definition) is 8. The van der Waals surface area contributed by atoms with Gasteiger partial charge in [-0.15, -0.1) is 0 Å². The van der Waals surface area contributed by atoms with Gasteiger partial charge in [-0.25, -0.2) is 4.98 Å². The van der Waals surface area contributed by atoms with Crippen molar-refractivity contribution in [1.82, 2.24) is 15.1 Å². The van der Waals surface area contributed by atoms with E-state index in [0.29, 0.717) is 53.1 Å². The molecule has 5 aromatic rings. The van der Waals surface area contributed by atoms with Gasteiger partial charge in [0.25, 0.3) is 0 Å². The van der Waals surface area contributed by atoms with Crippen molar-refractivity contribution in [2.45, 2.75) is 12.8 Å². The van der Waals surface area contributed by atoms with E-state index in [9.17, 15) is 4.79 Å². The van der Waals surface area contributed by atoms with Crippen LogP contribution in [0.5, 0.6) is 0 Å². The Balaban J connectivity index is 1.09. The predicted octanol–water partition coefficient (Wildman–Crippen LogP) is 5.00. The zero-order valence-corrected chi connectivity index (χ0v) is 20.2. The Morgan fingerprint density at radius 2 is 1.83 bits per heavy atom. The summed E-state index contributed by atoms with van der Waals surface area (Å²) in [5.74, 6) is 0.932. The van der Waals surface area contributed by atoms with E-state index in [4.69, 9.17) is 31.6 Å². The van der Waals surface area contributed by atoms with Crippen LogP contribution in [0.15, 0.2) is 59.4 Å². The summed E-state index contributed by atoms with van der Waals surface area (Å²) in [4.78, 5) is 20.6. The molecule has 0 aliphatic carbocycles. The summed E-state index contributed by atoms with van der Waals surface area (Å²) < 4.78 is 11.1. The summed E-state index contributed by atoms with van der Waals surface area (Å²) in [6.07, 6.45) is 5.37. The molecule has 9 nitrogen and oxygen atoms in total. The van der Waals surface area contributed by atoms with E-state index < -0.39 is 5.91 Å².